The minimum atomic E-state index is -4.76. The Bertz CT molecular complexity index is 1560. The third-order valence-electron chi connectivity index (χ3n) is 7.53. The molecule has 1 aliphatic rings. The van der Waals surface area contributed by atoms with Crippen LogP contribution in [0.25, 0.3) is 0 Å². The van der Waals surface area contributed by atoms with Crippen LogP contribution in [-0.2, 0) is 23.8 Å². The molecule has 232 valence electrons. The second-order valence-corrected chi connectivity index (χ2v) is 11.9. The topological polar surface area (TPSA) is 77.0 Å². The van der Waals surface area contributed by atoms with E-state index in [2.05, 4.69) is 15.3 Å². The van der Waals surface area contributed by atoms with E-state index in [1.54, 1.807) is 24.3 Å². The first kappa shape index (κ1) is 32.1. The average Bonchev–Trinajstić information content (AvgIpc) is 3.45. The molecule has 11 heteroatoms. The number of nitrogens with zero attached hydrogens (tertiary/aromatic N) is 1. The van der Waals surface area contributed by atoms with Crippen LogP contribution in [0.3, 0.4) is 0 Å². The number of methoxy groups -OCH3 is 1. The molecular formula is C34H28ClF3N2O4S. The maximum Gasteiger partial charge on any atom is 0.422 e. The van der Waals surface area contributed by atoms with Crippen molar-refractivity contribution in [2.45, 2.75) is 22.4 Å². The molecule has 4 aromatic rings. The van der Waals surface area contributed by atoms with E-state index in [-0.39, 0.29) is 5.75 Å². The fraction of sp³-hybridized carbons (Fsp3) is 0.206. The standard InChI is InChI=1S/C34H28ClF3N2O4S/c1-43-31(42)32(28(23-17-19-27(35)20-18-23)29(39-40-32)30(41)44-21-33(36,37)38)22-45-34(24-11-5-2-6-12-24,25-13-7-3-8-14-25)26-15-9-4-10-16-26/h2-20,28,40H,21-22H2,1H3/t28-,32-/m1/s1. The van der Waals surface area contributed by atoms with Crippen LogP contribution in [0.2, 0.25) is 5.02 Å². The highest BCUT2D eigenvalue weighted by Gasteiger charge is 2.57. The van der Waals surface area contributed by atoms with Gasteiger partial charge in [0.05, 0.1) is 17.8 Å². The van der Waals surface area contributed by atoms with Crippen LogP contribution >= 0.6 is 23.4 Å². The summed E-state index contributed by atoms with van der Waals surface area (Å²) in [5, 5.41) is 4.52. The van der Waals surface area contributed by atoms with Gasteiger partial charge in [-0.15, -0.1) is 11.8 Å². The molecule has 0 radical (unpaired) electrons. The van der Waals surface area contributed by atoms with E-state index < -0.39 is 46.6 Å². The van der Waals surface area contributed by atoms with Crippen LogP contribution in [0.15, 0.2) is 120 Å². The number of hydrazone groups is 1. The number of carbonyl (C=O) groups is 2. The Morgan fingerprint density at radius 2 is 1.33 bits per heavy atom. The van der Waals surface area contributed by atoms with Crippen LogP contribution < -0.4 is 5.43 Å². The Kier molecular flexibility index (Phi) is 9.55. The molecule has 4 aromatic carbocycles. The third-order valence-corrected chi connectivity index (χ3v) is 9.52. The minimum Gasteiger partial charge on any atom is -0.467 e. The number of carbonyl (C=O) groups excluding carboxylic acids is 2. The second kappa shape index (κ2) is 13.4. The van der Waals surface area contributed by atoms with Gasteiger partial charge in [0.1, 0.15) is 0 Å². The Morgan fingerprint density at radius 3 is 1.78 bits per heavy atom. The molecule has 0 spiro atoms. The summed E-state index contributed by atoms with van der Waals surface area (Å²) in [7, 11) is 1.20. The molecule has 0 unspecified atom stereocenters. The van der Waals surface area contributed by atoms with Crippen molar-refractivity contribution in [3.8, 4) is 0 Å². The Labute approximate surface area is 267 Å². The zero-order chi connectivity index (χ0) is 32.1. The van der Waals surface area contributed by atoms with Crippen molar-refractivity contribution in [3.63, 3.8) is 0 Å². The van der Waals surface area contributed by atoms with E-state index >= 15 is 0 Å². The number of hydrogen-bond donors (Lipinski definition) is 1. The molecule has 1 aliphatic heterocycles. The SMILES string of the molecule is COC(=O)[C@]1(CSC(c2ccccc2)(c2ccccc2)c2ccccc2)NN=C(C(=O)OCC(F)(F)F)[C@H]1c1ccc(Cl)cc1. The van der Waals surface area contributed by atoms with Gasteiger partial charge in [-0.25, -0.2) is 9.59 Å². The lowest BCUT2D eigenvalue weighted by molar-refractivity contribution is -0.181. The van der Waals surface area contributed by atoms with Gasteiger partial charge >= 0.3 is 18.1 Å². The normalized spacial score (nSPS) is 18.1. The molecule has 45 heavy (non-hydrogen) atoms. The number of halogens is 4. The molecule has 0 saturated heterocycles. The van der Waals surface area contributed by atoms with Gasteiger partial charge in [0.15, 0.2) is 17.9 Å². The number of alkyl halides is 3. The summed E-state index contributed by atoms with van der Waals surface area (Å²) in [5.74, 6) is -3.29. The zero-order valence-corrected chi connectivity index (χ0v) is 25.5. The summed E-state index contributed by atoms with van der Waals surface area (Å²) in [6, 6.07) is 35.5. The maximum atomic E-state index is 13.9. The summed E-state index contributed by atoms with van der Waals surface area (Å²) >= 11 is 7.55. The van der Waals surface area contributed by atoms with Crippen molar-refractivity contribution < 1.29 is 32.2 Å². The van der Waals surface area contributed by atoms with Gasteiger partial charge in [-0.3, -0.25) is 5.43 Å². The summed E-state index contributed by atoms with van der Waals surface area (Å²) in [6.07, 6.45) is -4.76. The fourth-order valence-electron chi connectivity index (χ4n) is 5.52. The number of ether oxygens (including phenoxy) is 2. The number of rotatable bonds is 10. The van der Waals surface area contributed by atoms with Gasteiger partial charge in [-0.2, -0.15) is 18.3 Å². The Morgan fingerprint density at radius 1 is 0.844 bits per heavy atom. The molecule has 1 heterocycles. The molecule has 0 bridgehead atoms. The Hall–Kier alpha value is -4.28. The molecule has 0 saturated carbocycles. The highest BCUT2D eigenvalue weighted by molar-refractivity contribution is 8.00. The second-order valence-electron chi connectivity index (χ2n) is 10.3. The number of esters is 2. The average molecular weight is 653 g/mol. The van der Waals surface area contributed by atoms with E-state index in [0.29, 0.717) is 10.6 Å². The molecule has 0 aliphatic carbocycles. The number of thioether (sulfide) groups is 1. The number of hydrogen-bond acceptors (Lipinski definition) is 7. The van der Waals surface area contributed by atoms with E-state index in [9.17, 15) is 22.8 Å². The largest absolute Gasteiger partial charge is 0.467 e. The van der Waals surface area contributed by atoms with Crippen LogP contribution in [0.1, 0.15) is 28.2 Å². The highest BCUT2D eigenvalue weighted by Crippen LogP contribution is 2.51. The molecular weight excluding hydrogens is 625 g/mol. The van der Waals surface area contributed by atoms with Crippen LogP contribution in [0.4, 0.5) is 13.2 Å². The van der Waals surface area contributed by atoms with Gasteiger partial charge in [0, 0.05) is 10.8 Å². The van der Waals surface area contributed by atoms with Crippen molar-refractivity contribution in [1.29, 1.82) is 0 Å². The van der Waals surface area contributed by atoms with Crippen molar-refractivity contribution >= 4 is 41.0 Å². The van der Waals surface area contributed by atoms with Crippen molar-refractivity contribution in [2.24, 2.45) is 5.10 Å². The summed E-state index contributed by atoms with van der Waals surface area (Å²) < 4.78 is 48.1. The summed E-state index contributed by atoms with van der Waals surface area (Å²) in [5.41, 5.74) is 3.85. The first-order valence-corrected chi connectivity index (χ1v) is 15.2. The van der Waals surface area contributed by atoms with Crippen LogP contribution in [0.5, 0.6) is 0 Å². The van der Waals surface area contributed by atoms with Crippen molar-refractivity contribution in [1.82, 2.24) is 5.43 Å². The van der Waals surface area contributed by atoms with Crippen LogP contribution in [0, 0.1) is 0 Å². The van der Waals surface area contributed by atoms with Crippen molar-refractivity contribution in [2.75, 3.05) is 19.5 Å². The zero-order valence-electron chi connectivity index (χ0n) is 24.0. The van der Waals surface area contributed by atoms with E-state index in [1.165, 1.54) is 18.9 Å². The maximum absolute atomic E-state index is 13.9. The lowest BCUT2D eigenvalue weighted by Gasteiger charge is -2.39. The quantitative estimate of drug-likeness (QED) is 0.145. The lowest BCUT2D eigenvalue weighted by atomic mass is 9.78. The molecule has 6 nitrogen and oxygen atoms in total. The van der Waals surface area contributed by atoms with Crippen molar-refractivity contribution in [3.05, 3.63) is 143 Å². The molecule has 5 rings (SSSR count). The Balaban J connectivity index is 1.66. The van der Waals surface area contributed by atoms with Gasteiger partial charge < -0.3 is 9.47 Å². The molecule has 1 N–H and O–H groups in total. The number of nitrogens with one attached hydrogen (secondary N) is 1. The van der Waals surface area contributed by atoms with Gasteiger partial charge in [0.25, 0.3) is 0 Å². The highest BCUT2D eigenvalue weighted by atomic mass is 35.5. The lowest BCUT2D eigenvalue weighted by Crippen LogP contribution is -2.56. The molecule has 0 fully saturated rings. The molecule has 2 atom stereocenters. The third kappa shape index (κ3) is 6.57. The summed E-state index contributed by atoms with van der Waals surface area (Å²) in [4.78, 5) is 27.0. The summed E-state index contributed by atoms with van der Waals surface area (Å²) in [6.45, 7) is -1.81. The molecule has 0 amide bonds. The number of benzene rings is 4. The first-order chi connectivity index (χ1) is 21.6. The monoisotopic (exact) mass is 652 g/mol. The predicted octanol–water partition coefficient (Wildman–Crippen LogP) is 7.13. The minimum absolute atomic E-state index is 0.0365. The van der Waals surface area contributed by atoms with E-state index in [0.717, 1.165) is 16.7 Å². The van der Waals surface area contributed by atoms with Gasteiger partial charge in [0.2, 0.25) is 0 Å². The predicted molar refractivity (Wildman–Crippen MR) is 168 cm³/mol. The molecule has 0 aromatic heterocycles. The van der Waals surface area contributed by atoms with E-state index in [4.69, 9.17) is 16.3 Å². The van der Waals surface area contributed by atoms with Gasteiger partial charge in [-0.05, 0) is 34.4 Å². The van der Waals surface area contributed by atoms with Gasteiger partial charge in [-0.1, -0.05) is 115 Å². The fourth-order valence-corrected chi connectivity index (χ4v) is 7.34. The smallest absolute Gasteiger partial charge is 0.422 e. The first-order valence-electron chi connectivity index (χ1n) is 13.8. The van der Waals surface area contributed by atoms with Crippen LogP contribution in [-0.4, -0.2) is 48.8 Å². The van der Waals surface area contributed by atoms with E-state index in [1.807, 2.05) is 91.0 Å².